The van der Waals surface area contributed by atoms with Gasteiger partial charge in [0.25, 0.3) is 11.8 Å². The molecule has 0 spiro atoms. The molecule has 32 heavy (non-hydrogen) atoms. The highest BCUT2D eigenvalue weighted by atomic mass is 16.5. The van der Waals surface area contributed by atoms with Gasteiger partial charge < -0.3 is 20.3 Å². The summed E-state index contributed by atoms with van der Waals surface area (Å²) in [6.45, 7) is 4.99. The van der Waals surface area contributed by atoms with Crippen LogP contribution >= 0.6 is 0 Å². The summed E-state index contributed by atoms with van der Waals surface area (Å²) >= 11 is 0. The summed E-state index contributed by atoms with van der Waals surface area (Å²) in [5.41, 5.74) is 2.29. The highest BCUT2D eigenvalue weighted by molar-refractivity contribution is 6.06. The number of benzene rings is 1. The van der Waals surface area contributed by atoms with Crippen molar-refractivity contribution < 1.29 is 14.3 Å². The SMILES string of the molecule is CNc1ncc(C(=O)N2CCO[C@@H](c3cc(C(=O)NC(C)C)c4ccccc4n3)C2)cn1. The van der Waals surface area contributed by atoms with E-state index in [0.717, 1.165) is 5.39 Å². The number of rotatable bonds is 5. The monoisotopic (exact) mass is 434 g/mol. The average Bonchev–Trinajstić information content (AvgIpc) is 2.82. The Hall–Kier alpha value is -3.59. The molecule has 4 rings (SSSR count). The highest BCUT2D eigenvalue weighted by Gasteiger charge is 2.28. The number of pyridine rings is 1. The second kappa shape index (κ2) is 9.27. The first-order valence-corrected chi connectivity index (χ1v) is 10.6. The molecule has 1 saturated heterocycles. The van der Waals surface area contributed by atoms with Crippen molar-refractivity contribution in [1.82, 2.24) is 25.2 Å². The number of para-hydroxylation sites is 1. The van der Waals surface area contributed by atoms with Crippen LogP contribution in [-0.2, 0) is 4.74 Å². The minimum atomic E-state index is -0.444. The lowest BCUT2D eigenvalue weighted by molar-refractivity contribution is -0.0246. The van der Waals surface area contributed by atoms with Gasteiger partial charge in [-0.2, -0.15) is 0 Å². The van der Waals surface area contributed by atoms with Crippen LogP contribution in [0.5, 0.6) is 0 Å². The van der Waals surface area contributed by atoms with Crippen molar-refractivity contribution in [3.8, 4) is 0 Å². The molecular weight excluding hydrogens is 408 g/mol. The van der Waals surface area contributed by atoms with Crippen LogP contribution in [0, 0.1) is 0 Å². The van der Waals surface area contributed by atoms with Gasteiger partial charge in [-0.05, 0) is 26.0 Å². The third kappa shape index (κ3) is 4.52. The predicted octanol–water partition coefficient (Wildman–Crippen LogP) is 2.42. The molecule has 0 saturated carbocycles. The smallest absolute Gasteiger partial charge is 0.257 e. The number of amides is 2. The first kappa shape index (κ1) is 21.6. The molecule has 0 unspecified atom stereocenters. The third-order valence-corrected chi connectivity index (χ3v) is 5.21. The second-order valence-electron chi connectivity index (χ2n) is 7.90. The maximum absolute atomic E-state index is 13.0. The standard InChI is InChI=1S/C23H26N6O3/c1-14(2)27-21(30)17-10-19(28-18-7-5-4-6-16(17)18)20-13-29(8-9-32-20)22(31)15-11-25-23(24-3)26-12-15/h4-7,10-12,14,20H,8-9,13H2,1-3H3,(H,27,30)(H,24,25,26)/t20-/m1/s1. The van der Waals surface area contributed by atoms with Gasteiger partial charge in [-0.25, -0.2) is 15.0 Å². The summed E-state index contributed by atoms with van der Waals surface area (Å²) in [6.07, 6.45) is 2.57. The predicted molar refractivity (Wildman–Crippen MR) is 121 cm³/mol. The number of fused-ring (bicyclic) bond motifs is 1. The molecule has 0 bridgehead atoms. The molecule has 1 aliphatic rings. The molecule has 9 heteroatoms. The fourth-order valence-electron chi connectivity index (χ4n) is 3.65. The zero-order valence-electron chi connectivity index (χ0n) is 18.3. The van der Waals surface area contributed by atoms with Gasteiger partial charge in [-0.15, -0.1) is 0 Å². The third-order valence-electron chi connectivity index (χ3n) is 5.21. The Morgan fingerprint density at radius 3 is 2.66 bits per heavy atom. The summed E-state index contributed by atoms with van der Waals surface area (Å²) in [6, 6.07) is 9.30. The van der Waals surface area contributed by atoms with Crippen LogP contribution in [0.15, 0.2) is 42.7 Å². The van der Waals surface area contributed by atoms with Crippen molar-refractivity contribution in [1.29, 1.82) is 0 Å². The summed E-state index contributed by atoms with van der Waals surface area (Å²) in [7, 11) is 1.72. The first-order valence-electron chi connectivity index (χ1n) is 10.6. The molecule has 1 aromatic carbocycles. The Balaban J connectivity index is 1.61. The van der Waals surface area contributed by atoms with Crippen LogP contribution in [-0.4, -0.2) is 64.5 Å². The first-order chi connectivity index (χ1) is 15.5. The summed E-state index contributed by atoms with van der Waals surface area (Å²) in [5, 5.41) is 6.56. The van der Waals surface area contributed by atoms with Gasteiger partial charge in [0.1, 0.15) is 6.10 Å². The zero-order chi connectivity index (χ0) is 22.7. The van der Waals surface area contributed by atoms with E-state index in [0.29, 0.717) is 48.0 Å². The Labute approximate surface area is 186 Å². The van der Waals surface area contributed by atoms with E-state index in [9.17, 15) is 9.59 Å². The molecule has 3 aromatic rings. The fourth-order valence-corrected chi connectivity index (χ4v) is 3.65. The van der Waals surface area contributed by atoms with Crippen molar-refractivity contribution in [3.05, 3.63) is 59.5 Å². The van der Waals surface area contributed by atoms with E-state index in [4.69, 9.17) is 9.72 Å². The van der Waals surface area contributed by atoms with Crippen LogP contribution in [0.3, 0.4) is 0 Å². The summed E-state index contributed by atoms with van der Waals surface area (Å²) in [5.74, 6) is 0.124. The maximum Gasteiger partial charge on any atom is 0.257 e. The molecule has 1 fully saturated rings. The highest BCUT2D eigenvalue weighted by Crippen LogP contribution is 2.27. The van der Waals surface area contributed by atoms with Crippen molar-refractivity contribution >= 4 is 28.7 Å². The zero-order valence-corrected chi connectivity index (χ0v) is 18.3. The second-order valence-corrected chi connectivity index (χ2v) is 7.90. The normalized spacial score (nSPS) is 16.2. The van der Waals surface area contributed by atoms with Gasteiger partial charge in [0.05, 0.1) is 35.5 Å². The minimum absolute atomic E-state index is 0.00781. The molecule has 1 aliphatic heterocycles. The van der Waals surface area contributed by atoms with Crippen molar-refractivity contribution in [2.75, 3.05) is 32.1 Å². The van der Waals surface area contributed by atoms with Gasteiger partial charge in [0, 0.05) is 37.4 Å². The topological polar surface area (TPSA) is 109 Å². The lowest BCUT2D eigenvalue weighted by Crippen LogP contribution is -2.42. The number of nitrogens with zero attached hydrogens (tertiary/aromatic N) is 4. The molecule has 2 aromatic heterocycles. The molecular formula is C23H26N6O3. The molecule has 2 N–H and O–H groups in total. The van der Waals surface area contributed by atoms with E-state index in [2.05, 4.69) is 20.6 Å². The van der Waals surface area contributed by atoms with Crippen LogP contribution in [0.2, 0.25) is 0 Å². The fraction of sp³-hybridized carbons (Fsp3) is 0.348. The van der Waals surface area contributed by atoms with Crippen LogP contribution in [0.1, 0.15) is 46.4 Å². The number of nitrogens with one attached hydrogen (secondary N) is 2. The lowest BCUT2D eigenvalue weighted by Gasteiger charge is -2.33. The average molecular weight is 435 g/mol. The number of anilines is 1. The number of morpholine rings is 1. The quantitative estimate of drug-likeness (QED) is 0.635. The van der Waals surface area contributed by atoms with Gasteiger partial charge in [0.15, 0.2) is 0 Å². The minimum Gasteiger partial charge on any atom is -0.368 e. The Morgan fingerprint density at radius 1 is 1.19 bits per heavy atom. The van der Waals surface area contributed by atoms with E-state index in [1.165, 1.54) is 12.4 Å². The van der Waals surface area contributed by atoms with Crippen LogP contribution in [0.4, 0.5) is 5.95 Å². The Kier molecular flexibility index (Phi) is 6.27. The lowest BCUT2D eigenvalue weighted by atomic mass is 10.0. The molecule has 0 radical (unpaired) electrons. The van der Waals surface area contributed by atoms with Gasteiger partial charge in [0.2, 0.25) is 5.95 Å². The van der Waals surface area contributed by atoms with E-state index >= 15 is 0 Å². The van der Waals surface area contributed by atoms with Crippen LogP contribution in [0.25, 0.3) is 10.9 Å². The summed E-state index contributed by atoms with van der Waals surface area (Å²) < 4.78 is 5.95. The largest absolute Gasteiger partial charge is 0.368 e. The van der Waals surface area contributed by atoms with Gasteiger partial charge in [-0.3, -0.25) is 9.59 Å². The molecule has 2 amide bonds. The van der Waals surface area contributed by atoms with E-state index in [1.54, 1.807) is 18.0 Å². The number of carbonyl (C=O) groups excluding carboxylic acids is 2. The Bertz CT molecular complexity index is 1130. The molecule has 9 nitrogen and oxygen atoms in total. The summed E-state index contributed by atoms with van der Waals surface area (Å²) in [4.78, 5) is 40.5. The number of hydrogen-bond acceptors (Lipinski definition) is 7. The molecule has 166 valence electrons. The Morgan fingerprint density at radius 2 is 1.94 bits per heavy atom. The number of aromatic nitrogens is 3. The number of hydrogen-bond donors (Lipinski definition) is 2. The maximum atomic E-state index is 13.0. The van der Waals surface area contributed by atoms with Gasteiger partial charge in [-0.1, -0.05) is 18.2 Å². The van der Waals surface area contributed by atoms with E-state index in [1.807, 2.05) is 38.1 Å². The van der Waals surface area contributed by atoms with Crippen molar-refractivity contribution in [2.24, 2.45) is 0 Å². The number of carbonyl (C=O) groups is 2. The van der Waals surface area contributed by atoms with E-state index < -0.39 is 6.10 Å². The van der Waals surface area contributed by atoms with Gasteiger partial charge >= 0.3 is 0 Å². The van der Waals surface area contributed by atoms with Crippen molar-refractivity contribution in [3.63, 3.8) is 0 Å². The number of ether oxygens (including phenoxy) is 1. The van der Waals surface area contributed by atoms with E-state index in [-0.39, 0.29) is 17.9 Å². The molecule has 0 aliphatic carbocycles. The molecule has 3 heterocycles. The van der Waals surface area contributed by atoms with Crippen LogP contribution < -0.4 is 10.6 Å². The van der Waals surface area contributed by atoms with Crippen molar-refractivity contribution in [2.45, 2.75) is 26.0 Å². The molecule has 1 atom stereocenters.